The molecule has 1 saturated heterocycles. The minimum Gasteiger partial charge on any atom is -0.391 e. The lowest BCUT2D eigenvalue weighted by Crippen LogP contribution is -2.55. The molecule has 3 atom stereocenters. The third-order valence-corrected chi connectivity index (χ3v) is 11.8. The number of rotatable bonds is 9. The van der Waals surface area contributed by atoms with Gasteiger partial charge in [-0.3, -0.25) is 14.4 Å². The normalized spacial score (nSPS) is 29.2. The number of nitrogens with zero attached hydrogens (tertiary/aromatic N) is 2. The number of aliphatic hydroxyl groups is 1. The Morgan fingerprint density at radius 3 is 2.38 bits per heavy atom. The monoisotopic (exact) mass is 674 g/mol. The van der Waals surface area contributed by atoms with E-state index in [1.165, 1.54) is 19.3 Å². The first kappa shape index (κ1) is 30.5. The topological polar surface area (TPSA) is 106 Å². The van der Waals surface area contributed by atoms with Crippen LogP contribution in [0.25, 0.3) is 10.9 Å². The molecule has 8 nitrogen and oxygen atoms in total. The minimum absolute atomic E-state index is 0.0285. The number of aromatic amines is 1. The van der Waals surface area contributed by atoms with Crippen LogP contribution in [-0.4, -0.2) is 69.4 Å². The maximum absolute atomic E-state index is 14.0. The predicted molar refractivity (Wildman–Crippen MR) is 176 cm³/mol. The van der Waals surface area contributed by atoms with Crippen LogP contribution in [0.3, 0.4) is 0 Å². The number of likely N-dealkylation sites (tertiary alicyclic amines) is 1. The Morgan fingerprint density at radius 1 is 1.00 bits per heavy atom. The molecule has 2 unspecified atom stereocenters. The smallest absolute Gasteiger partial charge is 0.245 e. The highest BCUT2D eigenvalue weighted by Gasteiger charge is 2.52. The van der Waals surface area contributed by atoms with E-state index in [4.69, 9.17) is 0 Å². The van der Waals surface area contributed by atoms with Gasteiger partial charge in [0.05, 0.1) is 6.10 Å². The zero-order valence-electron chi connectivity index (χ0n) is 25.9. The number of nitrogens with one attached hydrogen (secondary N) is 2. The highest BCUT2D eigenvalue weighted by Crippen LogP contribution is 2.61. The number of carbonyl (C=O) groups is 3. The molecule has 1 aromatic heterocycles. The number of β-amino-alcohol motifs (C(OH)–C–C–N with tert-alkyl or cyclic N) is 1. The zero-order chi connectivity index (χ0) is 31.3. The molecule has 5 aliphatic rings. The van der Waals surface area contributed by atoms with E-state index in [0.717, 1.165) is 63.5 Å². The summed E-state index contributed by atoms with van der Waals surface area (Å²) < 4.78 is 0.912. The van der Waals surface area contributed by atoms with Crippen molar-refractivity contribution in [3.63, 3.8) is 0 Å². The first-order chi connectivity index (χ1) is 21.7. The molecule has 0 radical (unpaired) electrons. The summed E-state index contributed by atoms with van der Waals surface area (Å²) >= 11 is 3.58. The van der Waals surface area contributed by atoms with Crippen LogP contribution in [-0.2, 0) is 27.3 Å². The number of benzene rings is 2. The molecular weight excluding hydrogens is 632 g/mol. The van der Waals surface area contributed by atoms with Gasteiger partial charge in [0, 0.05) is 61.0 Å². The second-order valence-corrected chi connectivity index (χ2v) is 15.3. The van der Waals surface area contributed by atoms with E-state index < -0.39 is 18.2 Å². The number of amides is 3. The van der Waals surface area contributed by atoms with Crippen molar-refractivity contribution in [2.24, 2.45) is 23.2 Å². The molecule has 0 spiro atoms. The van der Waals surface area contributed by atoms with Gasteiger partial charge in [0.2, 0.25) is 17.7 Å². The number of H-pyrrole nitrogens is 1. The fraction of sp³-hybridized carbons (Fsp3) is 0.528. The summed E-state index contributed by atoms with van der Waals surface area (Å²) in [5.41, 5.74) is 2.90. The average Bonchev–Trinajstić information content (AvgIpc) is 3.60. The van der Waals surface area contributed by atoms with Gasteiger partial charge in [-0.05, 0) is 85.0 Å². The van der Waals surface area contributed by atoms with Crippen LogP contribution in [0.4, 0.5) is 0 Å². The Balaban J connectivity index is 1.10. The largest absolute Gasteiger partial charge is 0.391 e. The molecule has 8 rings (SSSR count). The first-order valence-electron chi connectivity index (χ1n) is 16.5. The van der Waals surface area contributed by atoms with Crippen molar-refractivity contribution in [3.8, 4) is 0 Å². The third-order valence-electron chi connectivity index (χ3n) is 11.0. The molecule has 2 heterocycles. The number of fused-ring (bicyclic) bond motifs is 1. The molecule has 3 N–H and O–H groups in total. The molecule has 3 amide bonds. The molecule has 1 aliphatic heterocycles. The van der Waals surface area contributed by atoms with E-state index in [1.54, 1.807) is 16.8 Å². The molecule has 4 aliphatic carbocycles. The Kier molecular flexibility index (Phi) is 8.27. The summed E-state index contributed by atoms with van der Waals surface area (Å²) in [6.07, 6.45) is 9.33. The van der Waals surface area contributed by atoms with Gasteiger partial charge in [0.1, 0.15) is 12.1 Å². The van der Waals surface area contributed by atoms with Crippen molar-refractivity contribution in [2.75, 3.05) is 13.6 Å². The lowest BCUT2D eigenvalue weighted by Gasteiger charge is -2.57. The lowest BCUT2D eigenvalue weighted by molar-refractivity contribution is -0.145. The van der Waals surface area contributed by atoms with Crippen molar-refractivity contribution in [1.29, 1.82) is 0 Å². The molecule has 45 heavy (non-hydrogen) atoms. The van der Waals surface area contributed by atoms with Crippen LogP contribution < -0.4 is 5.32 Å². The van der Waals surface area contributed by atoms with Crippen LogP contribution in [0.15, 0.2) is 59.2 Å². The van der Waals surface area contributed by atoms with Crippen molar-refractivity contribution >= 4 is 44.6 Å². The molecule has 3 aromatic rings. The molecule has 4 saturated carbocycles. The van der Waals surface area contributed by atoms with Gasteiger partial charge in [-0.25, -0.2) is 0 Å². The minimum atomic E-state index is -0.845. The van der Waals surface area contributed by atoms with E-state index in [9.17, 15) is 19.5 Å². The second-order valence-electron chi connectivity index (χ2n) is 14.5. The summed E-state index contributed by atoms with van der Waals surface area (Å²) in [4.78, 5) is 48.5. The van der Waals surface area contributed by atoms with E-state index in [-0.39, 0.29) is 36.1 Å². The summed E-state index contributed by atoms with van der Waals surface area (Å²) in [5, 5.41) is 14.7. The van der Waals surface area contributed by atoms with Crippen molar-refractivity contribution in [1.82, 2.24) is 20.1 Å². The Hall–Kier alpha value is -3.17. The first-order valence-corrected chi connectivity index (χ1v) is 17.3. The van der Waals surface area contributed by atoms with Crippen LogP contribution >= 0.6 is 15.9 Å². The third kappa shape index (κ3) is 6.18. The van der Waals surface area contributed by atoms with Gasteiger partial charge < -0.3 is 25.2 Å². The van der Waals surface area contributed by atoms with Gasteiger partial charge in [-0.15, -0.1) is 0 Å². The highest BCUT2D eigenvalue weighted by molar-refractivity contribution is 9.10. The van der Waals surface area contributed by atoms with Crippen molar-refractivity contribution < 1.29 is 19.5 Å². The number of hydrogen-bond acceptors (Lipinski definition) is 4. The quantitative estimate of drug-likeness (QED) is 0.291. The van der Waals surface area contributed by atoms with Gasteiger partial charge in [0.15, 0.2) is 0 Å². The number of hydrogen-bond donors (Lipinski definition) is 3. The van der Waals surface area contributed by atoms with Crippen LogP contribution in [0.5, 0.6) is 0 Å². The fourth-order valence-corrected chi connectivity index (χ4v) is 9.89. The van der Waals surface area contributed by atoms with E-state index >= 15 is 0 Å². The summed E-state index contributed by atoms with van der Waals surface area (Å²) in [5.74, 6) is 1.58. The Labute approximate surface area is 273 Å². The van der Waals surface area contributed by atoms with Crippen LogP contribution in [0, 0.1) is 23.2 Å². The molecular formula is C36H43BrN4O4. The second kappa shape index (κ2) is 12.2. The molecule has 5 fully saturated rings. The molecule has 9 heteroatoms. The number of para-hydroxylation sites is 1. The number of aliphatic hydroxyl groups excluding tert-OH is 1. The van der Waals surface area contributed by atoms with Crippen molar-refractivity contribution in [2.45, 2.75) is 82.5 Å². The maximum atomic E-state index is 14.0. The highest BCUT2D eigenvalue weighted by atomic mass is 79.9. The standard InChI is InChI=1S/C36H43BrN4O4/c1-40(20-25-6-2-4-8-29(25)37)35(45)31(13-26-19-38-30-9-5-3-7-28(26)30)39-34(44)32-14-27(42)21-41(32)33(43)18-36-15-22-10-23(16-36)12-24(11-22)17-36/h2-9,19,22-24,27,31-32,38,42H,10-18,20-21H2,1H3,(H,39,44)/t22?,23?,24?,27-,31?,32?,36?/m1/s1. The lowest BCUT2D eigenvalue weighted by atomic mass is 9.49. The number of aromatic nitrogens is 1. The zero-order valence-corrected chi connectivity index (χ0v) is 27.5. The SMILES string of the molecule is CN(Cc1ccccc1Br)C(=O)C(Cc1c[nH]c2ccccc12)NC(=O)C1C[C@@H](O)CN1C(=O)CC12CC3CC(CC(C3)C1)C2. The molecule has 238 valence electrons. The average molecular weight is 676 g/mol. The van der Waals surface area contributed by atoms with Crippen molar-refractivity contribution in [3.05, 3.63) is 70.3 Å². The van der Waals surface area contributed by atoms with Gasteiger partial charge in [-0.1, -0.05) is 52.3 Å². The summed E-state index contributed by atoms with van der Waals surface area (Å²) in [6, 6.07) is 14.0. The Bertz CT molecular complexity index is 1570. The number of likely N-dealkylation sites (N-methyl/N-ethyl adjacent to an activating group) is 1. The predicted octanol–water partition coefficient (Wildman–Crippen LogP) is 5.18. The van der Waals surface area contributed by atoms with Gasteiger partial charge in [-0.2, -0.15) is 0 Å². The van der Waals surface area contributed by atoms with Crippen LogP contribution in [0.1, 0.15) is 62.5 Å². The molecule has 2 aromatic carbocycles. The van der Waals surface area contributed by atoms with Gasteiger partial charge in [0.25, 0.3) is 0 Å². The molecule has 4 bridgehead atoms. The summed E-state index contributed by atoms with van der Waals surface area (Å²) in [6.45, 7) is 0.532. The summed E-state index contributed by atoms with van der Waals surface area (Å²) in [7, 11) is 1.75. The Morgan fingerprint density at radius 2 is 1.67 bits per heavy atom. The number of halogens is 1. The number of carbonyl (C=O) groups excluding carboxylic acids is 3. The van der Waals surface area contributed by atoms with Crippen LogP contribution in [0.2, 0.25) is 0 Å². The van der Waals surface area contributed by atoms with E-state index in [2.05, 4.69) is 26.2 Å². The fourth-order valence-electron chi connectivity index (χ4n) is 9.48. The van der Waals surface area contributed by atoms with E-state index in [1.807, 2.05) is 54.7 Å². The van der Waals surface area contributed by atoms with Gasteiger partial charge >= 0.3 is 0 Å². The maximum Gasteiger partial charge on any atom is 0.245 e. The van der Waals surface area contributed by atoms with E-state index in [0.29, 0.717) is 19.4 Å².